The summed E-state index contributed by atoms with van der Waals surface area (Å²) in [6, 6.07) is 7.93. The smallest absolute Gasteiger partial charge is 0.245 e. The number of likely N-dealkylation sites (N-methyl/N-ethyl adjacent to an activating group) is 1. The van der Waals surface area contributed by atoms with Crippen molar-refractivity contribution >= 4 is 17.9 Å². The molecule has 1 aliphatic heterocycles. The Bertz CT molecular complexity index is 881. The van der Waals surface area contributed by atoms with Crippen LogP contribution in [0.25, 0.3) is 6.08 Å². The van der Waals surface area contributed by atoms with Crippen molar-refractivity contribution in [2.45, 2.75) is 89.1 Å². The highest BCUT2D eigenvalue weighted by atomic mass is 16.2. The van der Waals surface area contributed by atoms with Crippen LogP contribution >= 0.6 is 0 Å². The Morgan fingerprint density at radius 3 is 2.50 bits per heavy atom. The molecule has 0 radical (unpaired) electrons. The van der Waals surface area contributed by atoms with Crippen LogP contribution in [0.4, 0.5) is 0 Å². The number of hydrogen-bond donors (Lipinski definition) is 2. The van der Waals surface area contributed by atoms with Crippen LogP contribution in [-0.4, -0.2) is 48.9 Å². The first-order valence-electron chi connectivity index (χ1n) is 13.5. The molecule has 5 heteroatoms. The lowest BCUT2D eigenvalue weighted by Crippen LogP contribution is -2.57. The number of likely N-dealkylation sites (tertiary alicyclic amines) is 1. The maximum Gasteiger partial charge on any atom is 0.245 e. The van der Waals surface area contributed by atoms with E-state index in [1.165, 1.54) is 43.2 Å². The second kappa shape index (κ2) is 11.1. The van der Waals surface area contributed by atoms with Crippen molar-refractivity contribution in [1.29, 1.82) is 0 Å². The molecular weight excluding hydrogens is 422 g/mol. The fraction of sp³-hybridized carbons (Fsp3) is 0.655. The number of hydrogen-bond acceptors (Lipinski definition) is 3. The van der Waals surface area contributed by atoms with Crippen molar-refractivity contribution in [3.63, 3.8) is 0 Å². The van der Waals surface area contributed by atoms with E-state index < -0.39 is 6.04 Å². The van der Waals surface area contributed by atoms with Gasteiger partial charge >= 0.3 is 0 Å². The van der Waals surface area contributed by atoms with E-state index in [4.69, 9.17) is 0 Å². The third-order valence-electron chi connectivity index (χ3n) is 8.78. The molecule has 3 atom stereocenters. The van der Waals surface area contributed by atoms with Gasteiger partial charge in [0.1, 0.15) is 6.04 Å². The molecule has 1 saturated heterocycles. The van der Waals surface area contributed by atoms with Crippen molar-refractivity contribution in [3.8, 4) is 0 Å². The first kappa shape index (κ1) is 25.0. The highest BCUT2D eigenvalue weighted by Gasteiger charge is 2.41. The van der Waals surface area contributed by atoms with Gasteiger partial charge < -0.3 is 15.5 Å². The summed E-state index contributed by atoms with van der Waals surface area (Å²) in [4.78, 5) is 28.9. The Kier molecular flexibility index (Phi) is 8.13. The fourth-order valence-corrected chi connectivity index (χ4v) is 6.24. The highest BCUT2D eigenvalue weighted by molar-refractivity contribution is 5.90. The van der Waals surface area contributed by atoms with Gasteiger partial charge in [-0.2, -0.15) is 0 Å². The first-order chi connectivity index (χ1) is 16.5. The topological polar surface area (TPSA) is 61.4 Å². The van der Waals surface area contributed by atoms with Crippen LogP contribution in [0.3, 0.4) is 0 Å². The van der Waals surface area contributed by atoms with Gasteiger partial charge in [0.05, 0.1) is 6.04 Å². The maximum absolute atomic E-state index is 13.7. The first-order valence-corrected chi connectivity index (χ1v) is 13.5. The van der Waals surface area contributed by atoms with E-state index in [-0.39, 0.29) is 29.2 Å². The normalized spacial score (nSPS) is 22.3. The molecular formula is C29H43N3O2. The van der Waals surface area contributed by atoms with E-state index in [1.54, 1.807) is 0 Å². The van der Waals surface area contributed by atoms with Gasteiger partial charge in [0.15, 0.2) is 0 Å². The van der Waals surface area contributed by atoms with Crippen molar-refractivity contribution in [2.75, 3.05) is 20.1 Å². The maximum atomic E-state index is 13.7. The minimum absolute atomic E-state index is 0.0205. The zero-order valence-corrected chi connectivity index (χ0v) is 21.3. The van der Waals surface area contributed by atoms with Gasteiger partial charge in [-0.05, 0) is 49.3 Å². The van der Waals surface area contributed by atoms with E-state index >= 15 is 0 Å². The number of rotatable bonds is 8. The van der Waals surface area contributed by atoms with Crippen molar-refractivity contribution in [2.24, 2.45) is 11.8 Å². The van der Waals surface area contributed by atoms with Crippen LogP contribution in [0, 0.1) is 11.8 Å². The lowest BCUT2D eigenvalue weighted by atomic mass is 9.74. The summed E-state index contributed by atoms with van der Waals surface area (Å²) in [6.45, 7) is 5.65. The highest BCUT2D eigenvalue weighted by Crippen LogP contribution is 2.43. The van der Waals surface area contributed by atoms with Gasteiger partial charge in [0.2, 0.25) is 11.8 Å². The predicted octanol–water partition coefficient (Wildman–Crippen LogP) is 4.66. The minimum Gasteiger partial charge on any atom is -0.343 e. The van der Waals surface area contributed by atoms with Crippen LogP contribution in [0.15, 0.2) is 30.3 Å². The Hall–Kier alpha value is -2.14. The second-order valence-electron chi connectivity index (χ2n) is 10.9. The summed E-state index contributed by atoms with van der Waals surface area (Å²) in [5.41, 5.74) is 2.76. The Morgan fingerprint density at radius 1 is 1.12 bits per heavy atom. The molecule has 2 amide bonds. The number of benzene rings is 1. The van der Waals surface area contributed by atoms with E-state index in [1.807, 2.05) is 11.9 Å². The Morgan fingerprint density at radius 2 is 1.82 bits per heavy atom. The second-order valence-corrected chi connectivity index (χ2v) is 10.9. The van der Waals surface area contributed by atoms with E-state index in [9.17, 15) is 9.59 Å². The van der Waals surface area contributed by atoms with Crippen LogP contribution in [0.1, 0.15) is 82.8 Å². The number of carbonyl (C=O) groups excluding carboxylic acids is 2. The molecule has 5 nitrogen and oxygen atoms in total. The summed E-state index contributed by atoms with van der Waals surface area (Å²) in [5.74, 6) is 0.773. The largest absolute Gasteiger partial charge is 0.343 e. The molecule has 0 bridgehead atoms. The molecule has 1 aromatic carbocycles. The third-order valence-corrected chi connectivity index (χ3v) is 8.78. The van der Waals surface area contributed by atoms with Crippen LogP contribution in [0.5, 0.6) is 0 Å². The zero-order valence-electron chi connectivity index (χ0n) is 21.3. The van der Waals surface area contributed by atoms with Crippen LogP contribution < -0.4 is 10.6 Å². The predicted molar refractivity (Wildman–Crippen MR) is 138 cm³/mol. The number of piperidine rings is 1. The van der Waals surface area contributed by atoms with Gasteiger partial charge in [-0.25, -0.2) is 0 Å². The molecule has 3 aliphatic rings. The zero-order chi connectivity index (χ0) is 24.1. The van der Waals surface area contributed by atoms with Crippen LogP contribution in [0.2, 0.25) is 0 Å². The quantitative estimate of drug-likeness (QED) is 0.587. The van der Waals surface area contributed by atoms with E-state index in [0.717, 1.165) is 38.8 Å². The van der Waals surface area contributed by atoms with E-state index in [2.05, 4.69) is 60.9 Å². The minimum atomic E-state index is -0.458. The number of nitrogens with one attached hydrogen (secondary N) is 2. The molecule has 0 aromatic heterocycles. The molecule has 1 heterocycles. The standard InChI is InChI=1S/C29H43N3O2/c1-4-21(2)26(31-27(33)25(30-3)20-22-10-6-5-7-11-22)28(34)32-18-16-29(17-19-32)15-14-23-12-8-9-13-24(23)29/h8-9,12-15,21-22,25-26,30H,4-7,10-11,16-20H2,1-3H3,(H,31,33)/t21-,25?,26+/m0/s1. The lowest BCUT2D eigenvalue weighted by Gasteiger charge is -2.41. The van der Waals surface area contributed by atoms with Gasteiger partial charge in [0.25, 0.3) is 0 Å². The molecule has 2 aliphatic carbocycles. The fourth-order valence-electron chi connectivity index (χ4n) is 6.24. The van der Waals surface area contributed by atoms with Crippen LogP contribution in [-0.2, 0) is 15.0 Å². The Labute approximate surface area is 205 Å². The number of fused-ring (bicyclic) bond motifs is 2. The summed E-state index contributed by atoms with van der Waals surface area (Å²) in [6.07, 6.45) is 14.5. The monoisotopic (exact) mass is 465 g/mol. The summed E-state index contributed by atoms with van der Waals surface area (Å²) >= 11 is 0. The van der Waals surface area contributed by atoms with Crippen molar-refractivity contribution in [1.82, 2.24) is 15.5 Å². The molecule has 34 heavy (non-hydrogen) atoms. The molecule has 2 N–H and O–H groups in total. The van der Waals surface area contributed by atoms with Gasteiger partial charge in [-0.3, -0.25) is 9.59 Å². The summed E-state index contributed by atoms with van der Waals surface area (Å²) in [7, 11) is 1.87. The van der Waals surface area contributed by atoms with Gasteiger partial charge in [-0.15, -0.1) is 0 Å². The number of nitrogens with zero attached hydrogens (tertiary/aromatic N) is 1. The number of allylic oxidation sites excluding steroid dienone is 1. The third kappa shape index (κ3) is 5.25. The average molecular weight is 466 g/mol. The van der Waals surface area contributed by atoms with Crippen molar-refractivity contribution in [3.05, 3.63) is 41.5 Å². The number of amides is 2. The lowest BCUT2D eigenvalue weighted by molar-refractivity contribution is -0.139. The molecule has 4 rings (SSSR count). The SMILES string of the molecule is CC[C@H](C)[C@@H](NC(=O)C(CC1CCCCC1)NC)C(=O)N1CCC2(C=Cc3ccccc32)CC1. The summed E-state index contributed by atoms with van der Waals surface area (Å²) < 4.78 is 0. The van der Waals surface area contributed by atoms with E-state index in [0.29, 0.717) is 5.92 Å². The molecule has 2 fully saturated rings. The summed E-state index contributed by atoms with van der Waals surface area (Å²) in [5, 5.41) is 6.40. The average Bonchev–Trinajstić information content (AvgIpc) is 3.23. The van der Waals surface area contributed by atoms with Gasteiger partial charge in [0, 0.05) is 18.5 Å². The molecule has 1 unspecified atom stereocenters. The Balaban J connectivity index is 1.39. The molecule has 1 aromatic rings. The molecule has 1 spiro atoms. The van der Waals surface area contributed by atoms with Crippen molar-refractivity contribution < 1.29 is 9.59 Å². The van der Waals surface area contributed by atoms with Gasteiger partial charge in [-0.1, -0.05) is 88.8 Å². The molecule has 1 saturated carbocycles. The molecule has 186 valence electrons. The number of carbonyl (C=O) groups is 2.